The fraction of sp³-hybridized carbons (Fsp3) is 0.222. The van der Waals surface area contributed by atoms with Gasteiger partial charge in [0.15, 0.2) is 0 Å². The maximum Gasteiger partial charge on any atom is 0.0326 e. The Bertz CT molecular complexity index is 190. The van der Waals surface area contributed by atoms with E-state index < -0.39 is 0 Å². The molecule has 60 valence electrons. The second-order valence-corrected chi connectivity index (χ2v) is 2.75. The van der Waals surface area contributed by atoms with Crippen LogP contribution in [-0.4, -0.2) is 6.72 Å². The van der Waals surface area contributed by atoms with Crippen molar-refractivity contribution in [2.75, 3.05) is 0 Å². The molecule has 0 aliphatic rings. The first-order chi connectivity index (χ1) is 5.31. The lowest BCUT2D eigenvalue weighted by Crippen LogP contribution is -1.61. The molecule has 11 heavy (non-hydrogen) atoms. The van der Waals surface area contributed by atoms with Gasteiger partial charge in [0.05, 0.1) is 0 Å². The smallest absolute Gasteiger partial charge is 0.0326 e. The monoisotopic (exact) mass is 167 g/mol. The topological polar surface area (TPSA) is 12.4 Å². The Labute approximate surface area is 72.6 Å². The minimum Gasteiger partial charge on any atom is -0.272 e. The minimum atomic E-state index is 1.24. The van der Waals surface area contributed by atoms with Gasteiger partial charge in [-0.1, -0.05) is 12.2 Å². The van der Waals surface area contributed by atoms with Crippen molar-refractivity contribution in [3.63, 3.8) is 0 Å². The predicted molar refractivity (Wildman–Crippen MR) is 54.9 cm³/mol. The summed E-state index contributed by atoms with van der Waals surface area (Å²) in [4.78, 5) is 3.58. The van der Waals surface area contributed by atoms with Crippen LogP contribution in [0.15, 0.2) is 39.7 Å². The molecule has 0 unspecified atom stereocenters. The van der Waals surface area contributed by atoms with E-state index in [1.54, 1.807) is 18.0 Å². The molecule has 0 fully saturated rings. The van der Waals surface area contributed by atoms with Gasteiger partial charge in [-0.25, -0.2) is 0 Å². The van der Waals surface area contributed by atoms with Crippen molar-refractivity contribution in [1.82, 2.24) is 0 Å². The SMILES string of the molecule is C=N/C=C/S/C=C(C)/C=C\C. The molecule has 0 radical (unpaired) electrons. The van der Waals surface area contributed by atoms with Crippen LogP contribution in [0.3, 0.4) is 0 Å². The number of rotatable bonds is 4. The molecule has 1 nitrogen and oxygen atoms in total. The zero-order valence-electron chi connectivity index (χ0n) is 6.95. The van der Waals surface area contributed by atoms with E-state index in [9.17, 15) is 0 Å². The zero-order chi connectivity index (χ0) is 8.53. The molecule has 0 aromatic carbocycles. The Kier molecular flexibility index (Phi) is 6.84. The molecule has 0 saturated carbocycles. The summed E-state index contributed by atoms with van der Waals surface area (Å²) < 4.78 is 0. The molecular formula is C9H13NS. The van der Waals surface area contributed by atoms with Crippen LogP contribution in [0.2, 0.25) is 0 Å². The van der Waals surface area contributed by atoms with E-state index in [0.717, 1.165) is 0 Å². The minimum absolute atomic E-state index is 1.24. The van der Waals surface area contributed by atoms with Gasteiger partial charge in [-0.15, -0.1) is 11.8 Å². The summed E-state index contributed by atoms with van der Waals surface area (Å²) in [7, 11) is 0. The Balaban J connectivity index is 3.72. The lowest BCUT2D eigenvalue weighted by Gasteiger charge is -1.86. The first-order valence-electron chi connectivity index (χ1n) is 3.37. The van der Waals surface area contributed by atoms with Crippen molar-refractivity contribution >= 4 is 18.5 Å². The Morgan fingerprint density at radius 2 is 2.27 bits per heavy atom. The van der Waals surface area contributed by atoms with Crippen molar-refractivity contribution in [2.45, 2.75) is 13.8 Å². The summed E-state index contributed by atoms with van der Waals surface area (Å²) in [5, 5.41) is 3.95. The third kappa shape index (κ3) is 7.13. The summed E-state index contributed by atoms with van der Waals surface area (Å²) >= 11 is 1.60. The molecule has 0 aliphatic heterocycles. The van der Waals surface area contributed by atoms with Gasteiger partial charge >= 0.3 is 0 Å². The molecule has 0 bridgehead atoms. The second kappa shape index (κ2) is 7.35. The molecule has 0 N–H and O–H groups in total. The summed E-state index contributed by atoms with van der Waals surface area (Å²) in [6, 6.07) is 0. The molecule has 0 aromatic rings. The molecule has 0 rings (SSSR count). The molecule has 0 amide bonds. The van der Waals surface area contributed by atoms with Gasteiger partial charge in [-0.05, 0) is 37.0 Å². The van der Waals surface area contributed by atoms with Gasteiger partial charge in [0, 0.05) is 6.20 Å². The zero-order valence-corrected chi connectivity index (χ0v) is 7.77. The van der Waals surface area contributed by atoms with Crippen LogP contribution < -0.4 is 0 Å². The lowest BCUT2D eigenvalue weighted by atomic mass is 10.3. The van der Waals surface area contributed by atoms with Crippen molar-refractivity contribution < 1.29 is 0 Å². The number of hydrogen-bond donors (Lipinski definition) is 0. The second-order valence-electron chi connectivity index (χ2n) is 1.97. The normalized spacial score (nSPS) is 13.1. The lowest BCUT2D eigenvalue weighted by molar-refractivity contribution is 1.53. The molecule has 0 spiro atoms. The van der Waals surface area contributed by atoms with Crippen molar-refractivity contribution in [1.29, 1.82) is 0 Å². The quantitative estimate of drug-likeness (QED) is 0.462. The third-order valence-electron chi connectivity index (χ3n) is 0.928. The number of nitrogens with zero attached hydrogens (tertiary/aromatic N) is 1. The summed E-state index contributed by atoms with van der Waals surface area (Å²) in [6.45, 7) is 7.39. The highest BCUT2D eigenvalue weighted by molar-refractivity contribution is 8.04. The van der Waals surface area contributed by atoms with Crippen LogP contribution in [-0.2, 0) is 0 Å². The Morgan fingerprint density at radius 1 is 1.55 bits per heavy atom. The standard InChI is InChI=1S/C9H13NS/c1-4-5-9(2)8-11-7-6-10-3/h4-8H,3H2,1-2H3/b5-4-,7-6+,9-8+. The highest BCUT2D eigenvalue weighted by atomic mass is 32.2. The molecule has 0 aromatic heterocycles. The summed E-state index contributed by atoms with van der Waals surface area (Å²) in [5.41, 5.74) is 1.24. The largest absolute Gasteiger partial charge is 0.272 e. The fourth-order valence-electron chi connectivity index (χ4n) is 0.527. The number of hydrogen-bond acceptors (Lipinski definition) is 2. The molecule has 0 aliphatic carbocycles. The molecular weight excluding hydrogens is 154 g/mol. The first-order valence-corrected chi connectivity index (χ1v) is 4.31. The van der Waals surface area contributed by atoms with E-state index in [1.807, 2.05) is 18.4 Å². The van der Waals surface area contributed by atoms with Crippen molar-refractivity contribution in [3.05, 3.63) is 34.7 Å². The molecule has 0 atom stereocenters. The van der Waals surface area contributed by atoms with Gasteiger partial charge in [0.1, 0.15) is 0 Å². The maximum absolute atomic E-state index is 3.58. The first kappa shape index (κ1) is 10.2. The van der Waals surface area contributed by atoms with Crippen LogP contribution in [0.4, 0.5) is 0 Å². The highest BCUT2D eigenvalue weighted by Gasteiger charge is 1.77. The average Bonchev–Trinajstić information content (AvgIpc) is 1.99. The van der Waals surface area contributed by atoms with Gasteiger partial charge in [0.25, 0.3) is 0 Å². The highest BCUT2D eigenvalue weighted by Crippen LogP contribution is 2.08. The molecule has 0 saturated heterocycles. The maximum atomic E-state index is 3.58. The fourth-order valence-corrected chi connectivity index (χ4v) is 1.06. The van der Waals surface area contributed by atoms with Gasteiger partial charge < -0.3 is 0 Å². The van der Waals surface area contributed by atoms with E-state index >= 15 is 0 Å². The Hall–Kier alpha value is -0.760. The van der Waals surface area contributed by atoms with E-state index in [4.69, 9.17) is 0 Å². The van der Waals surface area contributed by atoms with Crippen LogP contribution in [0.25, 0.3) is 0 Å². The van der Waals surface area contributed by atoms with E-state index in [0.29, 0.717) is 0 Å². The average molecular weight is 167 g/mol. The predicted octanol–water partition coefficient (Wildman–Crippen LogP) is 3.37. The summed E-state index contributed by atoms with van der Waals surface area (Å²) in [6.07, 6.45) is 5.74. The number of aliphatic imine (C=N–C) groups is 1. The van der Waals surface area contributed by atoms with Crippen LogP contribution in [0, 0.1) is 0 Å². The van der Waals surface area contributed by atoms with Crippen molar-refractivity contribution in [2.24, 2.45) is 4.99 Å². The van der Waals surface area contributed by atoms with E-state index in [-0.39, 0.29) is 0 Å². The molecule has 0 heterocycles. The number of thioether (sulfide) groups is 1. The Morgan fingerprint density at radius 3 is 2.82 bits per heavy atom. The van der Waals surface area contributed by atoms with Crippen LogP contribution in [0.1, 0.15) is 13.8 Å². The van der Waals surface area contributed by atoms with Crippen LogP contribution >= 0.6 is 11.8 Å². The van der Waals surface area contributed by atoms with Crippen LogP contribution in [0.5, 0.6) is 0 Å². The van der Waals surface area contributed by atoms with E-state index in [1.165, 1.54) is 5.57 Å². The van der Waals surface area contributed by atoms with Gasteiger partial charge in [-0.2, -0.15) is 0 Å². The summed E-state index contributed by atoms with van der Waals surface area (Å²) in [5.74, 6) is 0. The molecule has 2 heteroatoms. The van der Waals surface area contributed by atoms with Gasteiger partial charge in [0.2, 0.25) is 0 Å². The van der Waals surface area contributed by atoms with E-state index in [2.05, 4.69) is 30.1 Å². The van der Waals surface area contributed by atoms with Gasteiger partial charge in [-0.3, -0.25) is 4.99 Å². The third-order valence-corrected chi connectivity index (χ3v) is 1.72. The van der Waals surface area contributed by atoms with Crippen molar-refractivity contribution in [3.8, 4) is 0 Å². The number of allylic oxidation sites excluding steroid dienone is 3.